The van der Waals surface area contributed by atoms with Crippen LogP contribution in [0.5, 0.6) is 5.75 Å². The molecule has 0 bridgehead atoms. The first-order valence-electron chi connectivity index (χ1n) is 6.94. The van der Waals surface area contributed by atoms with Crippen molar-refractivity contribution in [3.63, 3.8) is 0 Å². The second kappa shape index (κ2) is 7.10. The minimum Gasteiger partial charge on any atom is -0.497 e. The van der Waals surface area contributed by atoms with Crippen LogP contribution in [0.3, 0.4) is 0 Å². The summed E-state index contributed by atoms with van der Waals surface area (Å²) in [5, 5.41) is 4.59. The van der Waals surface area contributed by atoms with Gasteiger partial charge >= 0.3 is 0 Å². The van der Waals surface area contributed by atoms with Crippen molar-refractivity contribution in [2.75, 3.05) is 14.2 Å². The lowest BCUT2D eigenvalue weighted by Crippen LogP contribution is -2.13. The molecule has 0 radical (unpaired) electrons. The van der Waals surface area contributed by atoms with E-state index in [0.717, 1.165) is 12.2 Å². The van der Waals surface area contributed by atoms with E-state index in [0.29, 0.717) is 22.0 Å². The highest BCUT2D eigenvalue weighted by atomic mass is 35.5. The van der Waals surface area contributed by atoms with Crippen LogP contribution in [0.1, 0.15) is 35.1 Å². The highest BCUT2D eigenvalue weighted by molar-refractivity contribution is 6.42. The Morgan fingerprint density at radius 1 is 1.05 bits per heavy atom. The van der Waals surface area contributed by atoms with Crippen LogP contribution in [-0.2, 0) is 0 Å². The monoisotopic (exact) mass is 357 g/mol. The second-order valence-electron chi connectivity index (χ2n) is 5.30. The van der Waals surface area contributed by atoms with Gasteiger partial charge in [0.05, 0.1) is 17.2 Å². The first-order valence-corrected chi connectivity index (χ1v) is 7.69. The van der Waals surface area contributed by atoms with Crippen molar-refractivity contribution in [2.24, 2.45) is 0 Å². The van der Waals surface area contributed by atoms with Crippen LogP contribution >= 0.6 is 35.6 Å². The maximum atomic E-state index is 6.17. The van der Waals surface area contributed by atoms with Crippen molar-refractivity contribution in [1.82, 2.24) is 5.32 Å². The number of halogens is 3. The molecule has 2 nitrogen and oxygen atoms in total. The zero-order valence-electron chi connectivity index (χ0n) is 12.4. The van der Waals surface area contributed by atoms with E-state index in [1.54, 1.807) is 7.11 Å². The molecule has 5 heteroatoms. The number of nitrogens with one attached hydrogen (secondary N) is 1. The van der Waals surface area contributed by atoms with Gasteiger partial charge < -0.3 is 10.1 Å². The Bertz CT molecular complexity index is 675. The van der Waals surface area contributed by atoms with Gasteiger partial charge in [0.2, 0.25) is 0 Å². The standard InChI is InChI=1S/C17H17Cl2NO.ClH/c1-20-17-9-13(10-3-6-15(18)16(19)7-10)12-5-4-11(21-2)8-14(12)17;/h3-8,13,17,20H,9H2,1-2H3;1H. The smallest absolute Gasteiger partial charge is 0.119 e. The molecule has 0 fully saturated rings. The van der Waals surface area contributed by atoms with E-state index in [9.17, 15) is 0 Å². The maximum absolute atomic E-state index is 6.17. The fourth-order valence-electron chi connectivity index (χ4n) is 3.11. The zero-order valence-corrected chi connectivity index (χ0v) is 14.7. The number of fused-ring (bicyclic) bond motifs is 1. The maximum Gasteiger partial charge on any atom is 0.119 e. The summed E-state index contributed by atoms with van der Waals surface area (Å²) >= 11 is 12.2. The third kappa shape index (κ3) is 3.07. The number of methoxy groups -OCH3 is 1. The highest BCUT2D eigenvalue weighted by Gasteiger charge is 2.31. The number of benzene rings is 2. The van der Waals surface area contributed by atoms with Gasteiger partial charge in [0, 0.05) is 12.0 Å². The average molecular weight is 359 g/mol. The van der Waals surface area contributed by atoms with E-state index < -0.39 is 0 Å². The Labute approximate surface area is 147 Å². The van der Waals surface area contributed by atoms with E-state index in [-0.39, 0.29) is 12.4 Å². The summed E-state index contributed by atoms with van der Waals surface area (Å²) in [5.74, 6) is 1.22. The summed E-state index contributed by atoms with van der Waals surface area (Å²) in [7, 11) is 3.69. The van der Waals surface area contributed by atoms with Crippen molar-refractivity contribution in [1.29, 1.82) is 0 Å². The number of hydrogen-bond acceptors (Lipinski definition) is 2. The molecule has 2 aromatic carbocycles. The van der Waals surface area contributed by atoms with E-state index in [1.807, 2.05) is 25.2 Å². The van der Waals surface area contributed by atoms with Gasteiger partial charge in [-0.2, -0.15) is 0 Å². The molecule has 0 saturated heterocycles. The minimum atomic E-state index is 0. The van der Waals surface area contributed by atoms with Crippen molar-refractivity contribution >= 4 is 35.6 Å². The van der Waals surface area contributed by atoms with Crippen LogP contribution in [0, 0.1) is 0 Å². The molecule has 1 N–H and O–H groups in total. The lowest BCUT2D eigenvalue weighted by Gasteiger charge is -2.13. The largest absolute Gasteiger partial charge is 0.497 e. The molecule has 2 aromatic rings. The normalized spacial score (nSPS) is 19.5. The highest BCUT2D eigenvalue weighted by Crippen LogP contribution is 2.45. The summed E-state index contributed by atoms with van der Waals surface area (Å²) < 4.78 is 5.34. The lowest BCUT2D eigenvalue weighted by molar-refractivity contribution is 0.413. The molecular weight excluding hydrogens is 341 g/mol. The Hall–Kier alpha value is -0.930. The zero-order chi connectivity index (χ0) is 15.0. The molecule has 0 saturated carbocycles. The van der Waals surface area contributed by atoms with Crippen molar-refractivity contribution < 1.29 is 4.74 Å². The molecule has 0 heterocycles. The van der Waals surface area contributed by atoms with Gasteiger partial charge in [0.1, 0.15) is 5.75 Å². The third-order valence-corrected chi connectivity index (χ3v) is 4.95. The van der Waals surface area contributed by atoms with Crippen LogP contribution in [0.4, 0.5) is 0 Å². The topological polar surface area (TPSA) is 21.3 Å². The quantitative estimate of drug-likeness (QED) is 0.812. The van der Waals surface area contributed by atoms with Crippen molar-refractivity contribution in [3.8, 4) is 5.75 Å². The van der Waals surface area contributed by atoms with Gasteiger partial charge in [0.25, 0.3) is 0 Å². The summed E-state index contributed by atoms with van der Waals surface area (Å²) in [6, 6.07) is 12.5. The van der Waals surface area contributed by atoms with Crippen LogP contribution in [-0.4, -0.2) is 14.2 Å². The van der Waals surface area contributed by atoms with Gasteiger partial charge in [-0.05, 0) is 54.4 Å². The predicted molar refractivity (Wildman–Crippen MR) is 95.0 cm³/mol. The van der Waals surface area contributed by atoms with Crippen LogP contribution in [0.25, 0.3) is 0 Å². The summed E-state index contributed by atoms with van der Waals surface area (Å²) in [6.07, 6.45) is 1.01. The first-order chi connectivity index (χ1) is 10.1. The predicted octanol–water partition coefficient (Wildman–Crippen LogP) is 5.22. The Balaban J connectivity index is 0.00000176. The van der Waals surface area contributed by atoms with Gasteiger partial charge in [-0.25, -0.2) is 0 Å². The number of ether oxygens (including phenoxy) is 1. The fourth-order valence-corrected chi connectivity index (χ4v) is 3.41. The number of rotatable bonds is 3. The molecule has 1 aliphatic rings. The third-order valence-electron chi connectivity index (χ3n) is 4.21. The van der Waals surface area contributed by atoms with Gasteiger partial charge in [0.15, 0.2) is 0 Å². The van der Waals surface area contributed by atoms with Crippen molar-refractivity contribution in [2.45, 2.75) is 18.4 Å². The SMILES string of the molecule is CNC1CC(c2ccc(Cl)c(Cl)c2)c2ccc(OC)cc21.Cl. The molecule has 2 atom stereocenters. The molecule has 0 aromatic heterocycles. The molecule has 0 aliphatic heterocycles. The second-order valence-corrected chi connectivity index (χ2v) is 6.11. The lowest BCUT2D eigenvalue weighted by atomic mass is 9.93. The minimum absolute atomic E-state index is 0. The average Bonchev–Trinajstić information content (AvgIpc) is 2.87. The van der Waals surface area contributed by atoms with Gasteiger partial charge in [-0.3, -0.25) is 0 Å². The van der Waals surface area contributed by atoms with E-state index >= 15 is 0 Å². The molecule has 0 amide bonds. The molecule has 2 unspecified atom stereocenters. The van der Waals surface area contributed by atoms with Crippen LogP contribution < -0.4 is 10.1 Å². The summed E-state index contributed by atoms with van der Waals surface area (Å²) in [5.41, 5.74) is 3.83. The fraction of sp³-hybridized carbons (Fsp3) is 0.294. The van der Waals surface area contributed by atoms with Gasteiger partial charge in [-0.1, -0.05) is 35.3 Å². The molecule has 22 heavy (non-hydrogen) atoms. The van der Waals surface area contributed by atoms with E-state index in [1.165, 1.54) is 16.7 Å². The van der Waals surface area contributed by atoms with Crippen molar-refractivity contribution in [3.05, 3.63) is 63.1 Å². The Kier molecular flexibility index (Phi) is 5.62. The Morgan fingerprint density at radius 3 is 2.45 bits per heavy atom. The summed E-state index contributed by atoms with van der Waals surface area (Å²) in [4.78, 5) is 0. The molecular formula is C17H18Cl3NO. The molecule has 118 valence electrons. The van der Waals surface area contributed by atoms with E-state index in [4.69, 9.17) is 27.9 Å². The van der Waals surface area contributed by atoms with E-state index in [2.05, 4.69) is 23.5 Å². The van der Waals surface area contributed by atoms with Gasteiger partial charge in [-0.15, -0.1) is 12.4 Å². The molecule has 1 aliphatic carbocycles. The van der Waals surface area contributed by atoms with Crippen LogP contribution in [0.15, 0.2) is 36.4 Å². The summed E-state index contributed by atoms with van der Waals surface area (Å²) in [6.45, 7) is 0. The molecule has 0 spiro atoms. The van der Waals surface area contributed by atoms with Crippen LogP contribution in [0.2, 0.25) is 10.0 Å². The first kappa shape index (κ1) is 17.4. The number of hydrogen-bond donors (Lipinski definition) is 1. The molecule has 3 rings (SSSR count). The Morgan fingerprint density at radius 2 is 1.82 bits per heavy atom.